The Labute approximate surface area is 163 Å². The van der Waals surface area contributed by atoms with Crippen LogP contribution >= 0.6 is 11.3 Å². The Morgan fingerprint density at radius 3 is 2.48 bits per heavy atom. The average Bonchev–Trinajstić information content (AvgIpc) is 3.06. The van der Waals surface area contributed by atoms with Crippen molar-refractivity contribution in [2.24, 2.45) is 0 Å². The highest BCUT2D eigenvalue weighted by Gasteiger charge is 2.18. The molecule has 0 bridgehead atoms. The predicted molar refractivity (Wildman–Crippen MR) is 105 cm³/mol. The molecule has 0 aliphatic carbocycles. The van der Waals surface area contributed by atoms with E-state index in [0.717, 1.165) is 11.4 Å². The molecular formula is C19H25N3O4S. The molecule has 1 heterocycles. The van der Waals surface area contributed by atoms with Crippen LogP contribution in [0.1, 0.15) is 63.8 Å². The number of carbonyl (C=O) groups excluding carboxylic acids is 2. The maximum absolute atomic E-state index is 12.3. The summed E-state index contributed by atoms with van der Waals surface area (Å²) in [7, 11) is 1.51. The molecule has 0 aliphatic heterocycles. The van der Waals surface area contributed by atoms with E-state index in [1.807, 2.05) is 20.8 Å². The van der Waals surface area contributed by atoms with E-state index in [1.54, 1.807) is 25.1 Å². The molecule has 2 aromatic rings. The minimum atomic E-state index is -0.449. The van der Waals surface area contributed by atoms with Crippen LogP contribution in [-0.4, -0.2) is 30.5 Å². The van der Waals surface area contributed by atoms with E-state index in [0.29, 0.717) is 34.2 Å². The highest BCUT2D eigenvalue weighted by molar-refractivity contribution is 7.13. The zero-order chi connectivity index (χ0) is 20.0. The van der Waals surface area contributed by atoms with Crippen LogP contribution in [0.4, 0.5) is 0 Å². The van der Waals surface area contributed by atoms with Gasteiger partial charge in [-0.2, -0.15) is 0 Å². The van der Waals surface area contributed by atoms with E-state index in [2.05, 4.69) is 15.8 Å². The summed E-state index contributed by atoms with van der Waals surface area (Å²) in [6.45, 7) is 8.38. The van der Waals surface area contributed by atoms with Crippen molar-refractivity contribution in [1.29, 1.82) is 0 Å². The Balaban J connectivity index is 2.03. The zero-order valence-corrected chi connectivity index (χ0v) is 17.0. The Bertz CT molecular complexity index is 817. The lowest BCUT2D eigenvalue weighted by atomic mass is 10.2. The van der Waals surface area contributed by atoms with Crippen LogP contribution in [0, 0.1) is 6.92 Å². The first-order chi connectivity index (χ1) is 12.9. The predicted octanol–water partition coefficient (Wildman–Crippen LogP) is 3.45. The second-order valence-electron chi connectivity index (χ2n) is 6.24. The minimum absolute atomic E-state index is 0.241. The number of thiazole rings is 1. The van der Waals surface area contributed by atoms with Crippen molar-refractivity contribution >= 4 is 23.2 Å². The number of aryl methyl sites for hydroxylation is 1. The van der Waals surface area contributed by atoms with Crippen LogP contribution in [0.2, 0.25) is 0 Å². The molecule has 0 radical (unpaired) electrons. The monoisotopic (exact) mass is 391 g/mol. The number of nitrogens with zero attached hydrogens (tertiary/aromatic N) is 1. The van der Waals surface area contributed by atoms with Gasteiger partial charge in [0.1, 0.15) is 4.88 Å². The number of methoxy groups -OCH3 is 1. The standard InChI is InChI=1S/C19H25N3O4S/c1-6-9-26-14-8-7-13(10-15(14)25-5)17(23)21-22-18(24)16-12(4)20-19(27-16)11(2)3/h7-8,10-11H,6,9H2,1-5H3,(H,21,23)(H,22,24). The van der Waals surface area contributed by atoms with E-state index in [1.165, 1.54) is 18.4 Å². The van der Waals surface area contributed by atoms with Crippen LogP contribution in [0.25, 0.3) is 0 Å². The van der Waals surface area contributed by atoms with Crippen molar-refractivity contribution < 1.29 is 19.1 Å². The summed E-state index contributed by atoms with van der Waals surface area (Å²) in [6.07, 6.45) is 0.868. The SMILES string of the molecule is CCCOc1ccc(C(=O)NNC(=O)c2sc(C(C)C)nc2C)cc1OC. The quantitative estimate of drug-likeness (QED) is 0.706. The largest absolute Gasteiger partial charge is 0.493 e. The van der Waals surface area contributed by atoms with Gasteiger partial charge in [0, 0.05) is 11.5 Å². The van der Waals surface area contributed by atoms with Gasteiger partial charge in [-0.1, -0.05) is 20.8 Å². The average molecular weight is 391 g/mol. The fourth-order valence-corrected chi connectivity index (χ4v) is 3.22. The number of hydrogen-bond acceptors (Lipinski definition) is 6. The van der Waals surface area contributed by atoms with E-state index in [4.69, 9.17) is 9.47 Å². The van der Waals surface area contributed by atoms with Gasteiger partial charge in [0.15, 0.2) is 11.5 Å². The smallest absolute Gasteiger partial charge is 0.281 e. The molecular weight excluding hydrogens is 366 g/mol. The summed E-state index contributed by atoms with van der Waals surface area (Å²) in [5.74, 6) is 0.435. The van der Waals surface area contributed by atoms with E-state index >= 15 is 0 Å². The highest BCUT2D eigenvalue weighted by Crippen LogP contribution is 2.28. The number of nitrogens with one attached hydrogen (secondary N) is 2. The lowest BCUT2D eigenvalue weighted by molar-refractivity contribution is 0.0848. The van der Waals surface area contributed by atoms with Crippen molar-refractivity contribution in [3.05, 3.63) is 39.3 Å². The number of aromatic nitrogens is 1. The summed E-state index contributed by atoms with van der Waals surface area (Å²) in [5, 5.41) is 0.886. The molecule has 0 saturated heterocycles. The van der Waals surface area contributed by atoms with Gasteiger partial charge in [-0.15, -0.1) is 11.3 Å². The lowest BCUT2D eigenvalue weighted by Gasteiger charge is -2.12. The van der Waals surface area contributed by atoms with E-state index in [9.17, 15) is 9.59 Å². The number of hydrazine groups is 1. The fourth-order valence-electron chi connectivity index (χ4n) is 2.26. The Kier molecular flexibility index (Phi) is 7.18. The fraction of sp³-hybridized carbons (Fsp3) is 0.421. The maximum atomic E-state index is 12.3. The summed E-state index contributed by atoms with van der Waals surface area (Å²) in [4.78, 5) is 29.5. The molecule has 1 aromatic carbocycles. The number of amides is 2. The summed E-state index contributed by atoms with van der Waals surface area (Å²) in [6, 6.07) is 4.86. The van der Waals surface area contributed by atoms with Gasteiger partial charge in [-0.25, -0.2) is 4.98 Å². The van der Waals surface area contributed by atoms with Crippen molar-refractivity contribution in [2.75, 3.05) is 13.7 Å². The van der Waals surface area contributed by atoms with Gasteiger partial charge < -0.3 is 9.47 Å². The number of carbonyl (C=O) groups is 2. The normalized spacial score (nSPS) is 10.6. The molecule has 0 spiro atoms. The van der Waals surface area contributed by atoms with Gasteiger partial charge in [-0.3, -0.25) is 20.4 Å². The van der Waals surface area contributed by atoms with E-state index in [-0.39, 0.29) is 11.8 Å². The lowest BCUT2D eigenvalue weighted by Crippen LogP contribution is -2.41. The van der Waals surface area contributed by atoms with Gasteiger partial charge in [0.25, 0.3) is 11.8 Å². The third kappa shape index (κ3) is 5.19. The number of benzene rings is 1. The summed E-state index contributed by atoms with van der Waals surface area (Å²) in [5.41, 5.74) is 5.85. The molecule has 2 amide bonds. The zero-order valence-electron chi connectivity index (χ0n) is 16.2. The van der Waals surface area contributed by atoms with Crippen molar-refractivity contribution in [3.63, 3.8) is 0 Å². The van der Waals surface area contributed by atoms with Crippen molar-refractivity contribution in [1.82, 2.24) is 15.8 Å². The first kappa shape index (κ1) is 20.7. The molecule has 1 aromatic heterocycles. The summed E-state index contributed by atoms with van der Waals surface area (Å²) >= 11 is 1.33. The molecule has 0 unspecified atom stereocenters. The van der Waals surface area contributed by atoms with Gasteiger partial charge in [0.05, 0.1) is 24.4 Å². The molecule has 146 valence electrons. The number of hydrogen-bond donors (Lipinski definition) is 2. The molecule has 27 heavy (non-hydrogen) atoms. The Hall–Kier alpha value is -2.61. The molecule has 0 atom stereocenters. The van der Waals surface area contributed by atoms with Crippen molar-refractivity contribution in [2.45, 2.75) is 40.0 Å². The maximum Gasteiger partial charge on any atom is 0.281 e. The Morgan fingerprint density at radius 2 is 1.89 bits per heavy atom. The van der Waals surface area contributed by atoms with Crippen LogP contribution in [0.15, 0.2) is 18.2 Å². The van der Waals surface area contributed by atoms with Gasteiger partial charge in [-0.05, 0) is 31.5 Å². The Morgan fingerprint density at radius 1 is 1.19 bits per heavy atom. The second-order valence-corrected chi connectivity index (χ2v) is 7.27. The molecule has 2 N–H and O–H groups in total. The first-order valence-corrected chi connectivity index (χ1v) is 9.57. The van der Waals surface area contributed by atoms with Crippen LogP contribution in [0.5, 0.6) is 11.5 Å². The van der Waals surface area contributed by atoms with Gasteiger partial charge >= 0.3 is 0 Å². The second kappa shape index (κ2) is 9.36. The van der Waals surface area contributed by atoms with Crippen LogP contribution < -0.4 is 20.3 Å². The molecule has 2 rings (SSSR count). The molecule has 0 fully saturated rings. The third-order valence-electron chi connectivity index (χ3n) is 3.69. The molecule has 0 aliphatic rings. The first-order valence-electron chi connectivity index (χ1n) is 8.76. The molecule has 8 heteroatoms. The van der Waals surface area contributed by atoms with Crippen LogP contribution in [-0.2, 0) is 0 Å². The number of ether oxygens (including phenoxy) is 2. The summed E-state index contributed by atoms with van der Waals surface area (Å²) < 4.78 is 10.8. The van der Waals surface area contributed by atoms with Crippen molar-refractivity contribution in [3.8, 4) is 11.5 Å². The van der Waals surface area contributed by atoms with Gasteiger partial charge in [0.2, 0.25) is 0 Å². The highest BCUT2D eigenvalue weighted by atomic mass is 32.1. The van der Waals surface area contributed by atoms with E-state index < -0.39 is 5.91 Å². The number of rotatable bonds is 7. The molecule has 0 saturated carbocycles. The van der Waals surface area contributed by atoms with Crippen LogP contribution in [0.3, 0.4) is 0 Å². The minimum Gasteiger partial charge on any atom is -0.493 e. The molecule has 7 nitrogen and oxygen atoms in total. The third-order valence-corrected chi connectivity index (χ3v) is 5.15. The topological polar surface area (TPSA) is 89.6 Å².